The Morgan fingerprint density at radius 1 is 1.32 bits per heavy atom. The molecule has 1 aromatic heterocycles. The first kappa shape index (κ1) is 12.4. The van der Waals surface area contributed by atoms with Gasteiger partial charge in [-0.05, 0) is 19.2 Å². The van der Waals surface area contributed by atoms with E-state index in [1.54, 1.807) is 0 Å². The summed E-state index contributed by atoms with van der Waals surface area (Å²) in [5.41, 5.74) is 1.18. The van der Waals surface area contributed by atoms with Gasteiger partial charge in [0.25, 0.3) is 0 Å². The number of benzene rings is 1. The quantitative estimate of drug-likeness (QED) is 0.916. The van der Waals surface area contributed by atoms with E-state index in [0.717, 1.165) is 23.1 Å². The van der Waals surface area contributed by atoms with Crippen LogP contribution in [0.25, 0.3) is 10.9 Å². The fraction of sp³-hybridized carbons (Fsp3) is 0.438. The van der Waals surface area contributed by atoms with E-state index in [1.165, 1.54) is 0 Å². The Hall–Kier alpha value is -1.61. The van der Waals surface area contributed by atoms with Crippen molar-refractivity contribution in [3.05, 3.63) is 36.5 Å². The number of nitrogens with one attached hydrogen (secondary N) is 1. The molecule has 1 heterocycles. The van der Waals surface area contributed by atoms with Gasteiger partial charge in [0.2, 0.25) is 0 Å². The molecule has 3 heteroatoms. The molecule has 19 heavy (non-hydrogen) atoms. The van der Waals surface area contributed by atoms with Gasteiger partial charge in [0.05, 0.1) is 11.7 Å². The van der Waals surface area contributed by atoms with Crippen molar-refractivity contribution in [3.63, 3.8) is 0 Å². The second-order valence-electron chi connectivity index (χ2n) is 5.87. The summed E-state index contributed by atoms with van der Waals surface area (Å²) < 4.78 is 6.10. The highest BCUT2D eigenvalue weighted by Gasteiger charge is 2.49. The third-order valence-corrected chi connectivity index (χ3v) is 4.37. The lowest BCUT2D eigenvalue weighted by molar-refractivity contribution is -0.0521. The summed E-state index contributed by atoms with van der Waals surface area (Å²) in [6.07, 6.45) is 3.13. The molecule has 100 valence electrons. The van der Waals surface area contributed by atoms with Crippen molar-refractivity contribution >= 4 is 10.9 Å². The Bertz CT molecular complexity index is 594. The fourth-order valence-corrected chi connectivity index (χ4v) is 2.85. The van der Waals surface area contributed by atoms with Crippen molar-refractivity contribution in [2.45, 2.75) is 32.4 Å². The molecule has 3 nitrogen and oxygen atoms in total. The molecular formula is C16H20N2O. The molecule has 0 radical (unpaired) electrons. The van der Waals surface area contributed by atoms with Gasteiger partial charge in [-0.1, -0.05) is 32.0 Å². The van der Waals surface area contributed by atoms with Gasteiger partial charge < -0.3 is 10.1 Å². The average molecular weight is 256 g/mol. The van der Waals surface area contributed by atoms with Crippen LogP contribution in [0.4, 0.5) is 0 Å². The zero-order valence-corrected chi connectivity index (χ0v) is 11.7. The first-order chi connectivity index (χ1) is 9.11. The second kappa shape index (κ2) is 4.49. The Kier molecular flexibility index (Phi) is 2.94. The highest BCUT2D eigenvalue weighted by molar-refractivity contribution is 5.79. The van der Waals surface area contributed by atoms with Gasteiger partial charge in [-0.2, -0.15) is 0 Å². The largest absolute Gasteiger partial charge is 0.488 e. The van der Waals surface area contributed by atoms with Gasteiger partial charge in [-0.3, -0.25) is 4.98 Å². The lowest BCUT2D eigenvalue weighted by atomic mass is 9.64. The van der Waals surface area contributed by atoms with Crippen LogP contribution in [0.5, 0.6) is 5.75 Å². The molecular weight excluding hydrogens is 236 g/mol. The molecule has 2 unspecified atom stereocenters. The van der Waals surface area contributed by atoms with Gasteiger partial charge in [-0.25, -0.2) is 0 Å². The number of fused-ring (bicyclic) bond motifs is 1. The summed E-state index contributed by atoms with van der Waals surface area (Å²) in [6.45, 7) is 4.49. The van der Waals surface area contributed by atoms with Gasteiger partial charge in [0.1, 0.15) is 11.9 Å². The van der Waals surface area contributed by atoms with Gasteiger partial charge in [-0.15, -0.1) is 0 Å². The Labute approximate surface area is 114 Å². The zero-order valence-electron chi connectivity index (χ0n) is 11.7. The highest BCUT2D eigenvalue weighted by atomic mass is 16.5. The molecule has 3 rings (SSSR count). The summed E-state index contributed by atoms with van der Waals surface area (Å²) >= 11 is 0. The molecule has 1 saturated carbocycles. The zero-order chi connectivity index (χ0) is 13.5. The number of ether oxygens (including phenoxy) is 1. The molecule has 0 saturated heterocycles. The molecule has 2 atom stereocenters. The van der Waals surface area contributed by atoms with Gasteiger partial charge >= 0.3 is 0 Å². The van der Waals surface area contributed by atoms with E-state index >= 15 is 0 Å². The van der Waals surface area contributed by atoms with E-state index in [0.29, 0.717) is 6.04 Å². The van der Waals surface area contributed by atoms with Gasteiger partial charge in [0, 0.05) is 23.3 Å². The fourth-order valence-electron chi connectivity index (χ4n) is 2.85. The maximum Gasteiger partial charge on any atom is 0.138 e. The SMILES string of the molecule is CNC1CC(Oc2cnc3ccccc3c2)C1(C)C. The van der Waals surface area contributed by atoms with Crippen LogP contribution >= 0.6 is 0 Å². The van der Waals surface area contributed by atoms with Crippen LogP contribution in [0, 0.1) is 5.41 Å². The molecule has 2 aromatic rings. The third-order valence-electron chi connectivity index (χ3n) is 4.37. The molecule has 0 aliphatic heterocycles. The van der Waals surface area contributed by atoms with Crippen LogP contribution in [0.2, 0.25) is 0 Å². The number of nitrogens with zero attached hydrogens (tertiary/aromatic N) is 1. The van der Waals surface area contributed by atoms with Crippen molar-refractivity contribution in [1.82, 2.24) is 10.3 Å². The topological polar surface area (TPSA) is 34.1 Å². The summed E-state index contributed by atoms with van der Waals surface area (Å²) in [5, 5.41) is 4.47. The smallest absolute Gasteiger partial charge is 0.138 e. The Balaban J connectivity index is 1.79. The minimum Gasteiger partial charge on any atom is -0.488 e. The number of para-hydroxylation sites is 1. The second-order valence-corrected chi connectivity index (χ2v) is 5.87. The van der Waals surface area contributed by atoms with E-state index < -0.39 is 0 Å². The molecule has 0 amide bonds. The number of rotatable bonds is 3. The number of hydrogen-bond acceptors (Lipinski definition) is 3. The summed E-state index contributed by atoms with van der Waals surface area (Å²) in [7, 11) is 2.01. The summed E-state index contributed by atoms with van der Waals surface area (Å²) in [4.78, 5) is 4.44. The maximum absolute atomic E-state index is 6.10. The molecule has 1 aromatic carbocycles. The first-order valence-electron chi connectivity index (χ1n) is 6.80. The van der Waals surface area contributed by atoms with E-state index in [9.17, 15) is 0 Å². The van der Waals surface area contributed by atoms with Crippen LogP contribution in [-0.4, -0.2) is 24.2 Å². The standard InChI is InChI=1S/C16H20N2O/c1-16(2)14(17-3)9-15(16)19-12-8-11-6-4-5-7-13(11)18-10-12/h4-8,10,14-15,17H,9H2,1-3H3. The molecule has 1 fully saturated rings. The van der Waals surface area contributed by atoms with E-state index in [1.807, 2.05) is 31.4 Å². The number of hydrogen-bond donors (Lipinski definition) is 1. The number of aromatic nitrogens is 1. The number of pyridine rings is 1. The maximum atomic E-state index is 6.10. The van der Waals surface area contributed by atoms with Crippen molar-refractivity contribution in [2.75, 3.05) is 7.05 Å². The van der Waals surface area contributed by atoms with E-state index in [4.69, 9.17) is 4.74 Å². The van der Waals surface area contributed by atoms with Crippen LogP contribution < -0.4 is 10.1 Å². The monoisotopic (exact) mass is 256 g/mol. The van der Waals surface area contributed by atoms with Crippen molar-refractivity contribution in [3.8, 4) is 5.75 Å². The molecule has 1 N–H and O–H groups in total. The first-order valence-corrected chi connectivity index (χ1v) is 6.80. The third kappa shape index (κ3) is 2.08. The lowest BCUT2D eigenvalue weighted by Crippen LogP contribution is -2.61. The molecule has 1 aliphatic rings. The van der Waals surface area contributed by atoms with Crippen molar-refractivity contribution in [2.24, 2.45) is 5.41 Å². The predicted octanol–water partition coefficient (Wildman–Crippen LogP) is 3.00. The molecule has 0 spiro atoms. The van der Waals surface area contributed by atoms with Crippen LogP contribution in [0.1, 0.15) is 20.3 Å². The van der Waals surface area contributed by atoms with Gasteiger partial charge in [0.15, 0.2) is 0 Å². The minimum absolute atomic E-state index is 0.167. The van der Waals surface area contributed by atoms with Crippen LogP contribution in [0.15, 0.2) is 36.5 Å². The molecule has 0 bridgehead atoms. The normalized spacial score (nSPS) is 25.0. The van der Waals surface area contributed by atoms with Crippen molar-refractivity contribution < 1.29 is 4.74 Å². The van der Waals surface area contributed by atoms with Crippen molar-refractivity contribution in [1.29, 1.82) is 0 Å². The Morgan fingerprint density at radius 2 is 2.11 bits per heavy atom. The Morgan fingerprint density at radius 3 is 2.84 bits per heavy atom. The summed E-state index contributed by atoms with van der Waals surface area (Å²) in [5.74, 6) is 0.867. The lowest BCUT2D eigenvalue weighted by Gasteiger charge is -2.51. The van der Waals surface area contributed by atoms with E-state index in [-0.39, 0.29) is 11.5 Å². The van der Waals surface area contributed by atoms with Crippen LogP contribution in [0.3, 0.4) is 0 Å². The molecule has 1 aliphatic carbocycles. The van der Waals surface area contributed by atoms with E-state index in [2.05, 4.69) is 36.3 Å². The predicted molar refractivity (Wildman–Crippen MR) is 77.4 cm³/mol. The summed E-state index contributed by atoms with van der Waals surface area (Å²) in [6, 6.07) is 10.7. The minimum atomic E-state index is 0.167. The van der Waals surface area contributed by atoms with Crippen LogP contribution in [-0.2, 0) is 0 Å². The highest BCUT2D eigenvalue weighted by Crippen LogP contribution is 2.42. The average Bonchev–Trinajstić information content (AvgIpc) is 2.42.